The van der Waals surface area contributed by atoms with Gasteiger partial charge in [0.05, 0.1) is 17.8 Å². The Balaban J connectivity index is 2.05. The Hall–Kier alpha value is -1.88. The molecule has 1 fully saturated rings. The van der Waals surface area contributed by atoms with E-state index in [2.05, 4.69) is 53.1 Å². The monoisotopic (exact) mass is 300 g/mol. The molecule has 2 aromatic heterocycles. The third kappa shape index (κ3) is 2.53. The van der Waals surface area contributed by atoms with E-state index in [1.807, 2.05) is 24.4 Å². The smallest absolute Gasteiger partial charge is 0.170 e. The molecule has 1 saturated heterocycles. The molecule has 0 spiro atoms. The highest BCUT2D eigenvalue weighted by molar-refractivity contribution is 7.80. The average molecular weight is 300 g/mol. The third-order valence-electron chi connectivity index (χ3n) is 3.86. The minimum absolute atomic E-state index is 0.0687. The van der Waals surface area contributed by atoms with Crippen molar-refractivity contribution in [3.63, 3.8) is 0 Å². The highest BCUT2D eigenvalue weighted by Crippen LogP contribution is 2.39. The summed E-state index contributed by atoms with van der Waals surface area (Å²) in [5.41, 5.74) is 3.34. The van der Waals surface area contributed by atoms with Crippen molar-refractivity contribution in [2.75, 3.05) is 0 Å². The van der Waals surface area contributed by atoms with Gasteiger partial charge in [0.1, 0.15) is 0 Å². The summed E-state index contributed by atoms with van der Waals surface area (Å²) in [6.45, 7) is 6.40. The first kappa shape index (κ1) is 14.1. The maximum Gasteiger partial charge on any atom is 0.170 e. The van der Waals surface area contributed by atoms with Crippen molar-refractivity contribution in [1.29, 1.82) is 0 Å². The minimum atomic E-state index is 0.0687. The van der Waals surface area contributed by atoms with Crippen molar-refractivity contribution < 1.29 is 0 Å². The molecule has 0 bridgehead atoms. The normalized spacial score (nSPS) is 21.9. The maximum absolute atomic E-state index is 5.55. The third-order valence-corrected chi connectivity index (χ3v) is 4.19. The number of rotatable bonds is 3. The van der Waals surface area contributed by atoms with Gasteiger partial charge in [-0.1, -0.05) is 6.07 Å². The van der Waals surface area contributed by atoms with Gasteiger partial charge in [-0.05, 0) is 57.3 Å². The topological polar surface area (TPSA) is 44.0 Å². The lowest BCUT2D eigenvalue weighted by Crippen LogP contribution is -2.35. The summed E-state index contributed by atoms with van der Waals surface area (Å²) < 4.78 is 0. The second-order valence-corrected chi connectivity index (χ2v) is 6.11. The molecule has 0 saturated carbocycles. The van der Waals surface area contributed by atoms with Crippen molar-refractivity contribution in [2.24, 2.45) is 0 Å². The van der Waals surface area contributed by atoms with E-state index in [0.717, 1.165) is 16.5 Å². The van der Waals surface area contributed by atoms with Crippen LogP contribution in [0, 0.1) is 6.92 Å². The average Bonchev–Trinajstić information content (AvgIpc) is 3.03. The van der Waals surface area contributed by atoms with Crippen molar-refractivity contribution in [3.05, 3.63) is 53.6 Å². The first-order chi connectivity index (χ1) is 10.1. The van der Waals surface area contributed by atoms with Gasteiger partial charge in [0.15, 0.2) is 5.11 Å². The molecule has 3 rings (SSSR count). The van der Waals surface area contributed by atoms with E-state index in [-0.39, 0.29) is 12.1 Å². The molecular weight excluding hydrogens is 280 g/mol. The van der Waals surface area contributed by atoms with Gasteiger partial charge < -0.3 is 15.2 Å². The molecule has 4 nitrogen and oxygen atoms in total. The van der Waals surface area contributed by atoms with E-state index in [9.17, 15) is 0 Å². The number of nitrogens with zero attached hydrogens (tertiary/aromatic N) is 2. The van der Waals surface area contributed by atoms with Crippen LogP contribution in [0.3, 0.4) is 0 Å². The van der Waals surface area contributed by atoms with Crippen molar-refractivity contribution in [1.82, 2.24) is 20.2 Å². The van der Waals surface area contributed by atoms with E-state index in [0.29, 0.717) is 6.04 Å². The second kappa shape index (κ2) is 5.48. The zero-order valence-electron chi connectivity index (χ0n) is 12.5. The maximum atomic E-state index is 5.55. The standard InChI is InChI=1S/C16H20N4S/c1-10(2)20-15(13-8-7-11(3)18-13)14(19-16(20)21)12-6-4-5-9-17-12/h4-10,14-15,18H,1-3H3,(H,19,21). The second-order valence-electron chi connectivity index (χ2n) is 5.72. The van der Waals surface area contributed by atoms with Gasteiger partial charge in [0.25, 0.3) is 0 Å². The number of hydrogen-bond donors (Lipinski definition) is 2. The van der Waals surface area contributed by atoms with Gasteiger partial charge in [-0.3, -0.25) is 4.98 Å². The first-order valence-electron chi connectivity index (χ1n) is 7.23. The molecule has 1 aliphatic heterocycles. The van der Waals surface area contributed by atoms with Gasteiger partial charge in [-0.25, -0.2) is 0 Å². The summed E-state index contributed by atoms with van der Waals surface area (Å²) in [6, 6.07) is 10.8. The van der Waals surface area contributed by atoms with E-state index in [4.69, 9.17) is 12.2 Å². The number of pyridine rings is 1. The number of aromatic nitrogens is 2. The molecule has 3 heterocycles. The van der Waals surface area contributed by atoms with Crippen LogP contribution in [0.4, 0.5) is 0 Å². The molecule has 5 heteroatoms. The van der Waals surface area contributed by atoms with Crippen LogP contribution in [0.15, 0.2) is 36.5 Å². The van der Waals surface area contributed by atoms with E-state index < -0.39 is 0 Å². The number of hydrogen-bond acceptors (Lipinski definition) is 2. The number of nitrogens with one attached hydrogen (secondary N) is 2. The molecule has 0 radical (unpaired) electrons. The minimum Gasteiger partial charge on any atom is -0.361 e. The molecule has 2 N–H and O–H groups in total. The van der Waals surface area contributed by atoms with Crippen molar-refractivity contribution in [2.45, 2.75) is 38.9 Å². The van der Waals surface area contributed by atoms with Crippen LogP contribution in [-0.4, -0.2) is 26.0 Å². The molecule has 2 atom stereocenters. The molecule has 0 aromatic carbocycles. The molecule has 0 aliphatic carbocycles. The Morgan fingerprint density at radius 2 is 2.05 bits per heavy atom. The quantitative estimate of drug-likeness (QED) is 0.855. The van der Waals surface area contributed by atoms with Crippen molar-refractivity contribution >= 4 is 17.3 Å². The predicted molar refractivity (Wildman–Crippen MR) is 88.0 cm³/mol. The van der Waals surface area contributed by atoms with Crippen LogP contribution in [0.25, 0.3) is 0 Å². The molecule has 0 amide bonds. The van der Waals surface area contributed by atoms with Crippen LogP contribution >= 0.6 is 12.2 Å². The largest absolute Gasteiger partial charge is 0.361 e. The van der Waals surface area contributed by atoms with Crippen LogP contribution in [0.1, 0.15) is 43.0 Å². The zero-order valence-corrected chi connectivity index (χ0v) is 13.3. The van der Waals surface area contributed by atoms with Crippen molar-refractivity contribution in [3.8, 4) is 0 Å². The zero-order chi connectivity index (χ0) is 15.0. The molecule has 2 aromatic rings. The fourth-order valence-corrected chi connectivity index (χ4v) is 3.40. The molecular formula is C16H20N4S. The Labute approximate surface area is 130 Å². The summed E-state index contributed by atoms with van der Waals surface area (Å²) in [5.74, 6) is 0. The molecule has 2 unspecified atom stereocenters. The number of thiocarbonyl (C=S) groups is 1. The first-order valence-corrected chi connectivity index (χ1v) is 7.64. The van der Waals surface area contributed by atoms with Gasteiger partial charge in [0, 0.05) is 23.6 Å². The van der Waals surface area contributed by atoms with Gasteiger partial charge in [0.2, 0.25) is 0 Å². The van der Waals surface area contributed by atoms with Crippen LogP contribution in [-0.2, 0) is 0 Å². The number of H-pyrrole nitrogens is 1. The number of aromatic amines is 1. The van der Waals surface area contributed by atoms with Gasteiger partial charge in [-0.15, -0.1) is 0 Å². The fourth-order valence-electron chi connectivity index (χ4n) is 2.95. The summed E-state index contributed by atoms with van der Waals surface area (Å²) >= 11 is 5.55. The molecule has 110 valence electrons. The SMILES string of the molecule is Cc1ccc(C2C(c3ccccn3)NC(=S)N2C(C)C)[nH]1. The Bertz CT molecular complexity index is 635. The van der Waals surface area contributed by atoms with E-state index in [1.54, 1.807) is 0 Å². The highest BCUT2D eigenvalue weighted by Gasteiger charge is 2.41. The molecule has 21 heavy (non-hydrogen) atoms. The fraction of sp³-hybridized carbons (Fsp3) is 0.375. The highest BCUT2D eigenvalue weighted by atomic mass is 32.1. The van der Waals surface area contributed by atoms with Crippen LogP contribution < -0.4 is 5.32 Å². The van der Waals surface area contributed by atoms with E-state index in [1.165, 1.54) is 5.69 Å². The van der Waals surface area contributed by atoms with Gasteiger partial charge in [-0.2, -0.15) is 0 Å². The Kier molecular flexibility index (Phi) is 3.68. The Morgan fingerprint density at radius 1 is 1.24 bits per heavy atom. The van der Waals surface area contributed by atoms with Gasteiger partial charge >= 0.3 is 0 Å². The lowest BCUT2D eigenvalue weighted by Gasteiger charge is -2.30. The summed E-state index contributed by atoms with van der Waals surface area (Å²) in [7, 11) is 0. The van der Waals surface area contributed by atoms with Crippen LogP contribution in [0.5, 0.6) is 0 Å². The van der Waals surface area contributed by atoms with E-state index >= 15 is 0 Å². The predicted octanol–water partition coefficient (Wildman–Crippen LogP) is 3.10. The Morgan fingerprint density at radius 3 is 2.62 bits per heavy atom. The molecule has 1 aliphatic rings. The lowest BCUT2D eigenvalue weighted by atomic mass is 10.0. The summed E-state index contributed by atoms with van der Waals surface area (Å²) in [6.07, 6.45) is 1.83. The lowest BCUT2D eigenvalue weighted by molar-refractivity contribution is 0.265. The summed E-state index contributed by atoms with van der Waals surface area (Å²) in [5, 5.41) is 4.22. The number of aryl methyl sites for hydroxylation is 1. The van der Waals surface area contributed by atoms with Crippen LogP contribution in [0.2, 0.25) is 0 Å². The summed E-state index contributed by atoms with van der Waals surface area (Å²) in [4.78, 5) is 10.2.